The van der Waals surface area contributed by atoms with E-state index >= 15 is 0 Å². The first-order valence-electron chi connectivity index (χ1n) is 10.1. The van der Waals surface area contributed by atoms with Crippen LogP contribution in [0.5, 0.6) is 11.5 Å². The van der Waals surface area contributed by atoms with Gasteiger partial charge in [0.05, 0.1) is 19.2 Å². The average Bonchev–Trinajstić information content (AvgIpc) is 3.42. The second kappa shape index (κ2) is 9.25. The van der Waals surface area contributed by atoms with Gasteiger partial charge < -0.3 is 14.8 Å². The van der Waals surface area contributed by atoms with Crippen molar-refractivity contribution in [2.45, 2.75) is 38.5 Å². The van der Waals surface area contributed by atoms with Crippen molar-refractivity contribution in [3.05, 3.63) is 23.4 Å². The van der Waals surface area contributed by atoms with Gasteiger partial charge in [0.15, 0.2) is 11.5 Å². The lowest BCUT2D eigenvalue weighted by atomic mass is 10.1. The van der Waals surface area contributed by atoms with E-state index in [9.17, 15) is 4.21 Å². The van der Waals surface area contributed by atoms with E-state index < -0.39 is 11.3 Å². The van der Waals surface area contributed by atoms with Gasteiger partial charge in [0, 0.05) is 35.9 Å². The Morgan fingerprint density at radius 1 is 1.28 bits per heavy atom. The van der Waals surface area contributed by atoms with Crippen LogP contribution in [0.1, 0.15) is 36.9 Å². The third-order valence-corrected chi connectivity index (χ3v) is 5.74. The number of nitrogens with one attached hydrogen (secondary N) is 3. The standard InChI is InChI=1S/C20H28N4O4S/c1-27-18-10-15-17(11-19(18)28-9-3-8-22-24-29(25)26)23-16-5-2-4-14(16)20(15)21-12-13-6-7-13/h10-11,13,22,24H,2-9,12H2,1H3,(H,21,23)(H,25,26). The molecule has 9 heteroatoms. The highest BCUT2D eigenvalue weighted by atomic mass is 32.2. The summed E-state index contributed by atoms with van der Waals surface area (Å²) >= 11 is -2.07. The number of ether oxygens (including phenoxy) is 2. The van der Waals surface area contributed by atoms with E-state index in [-0.39, 0.29) is 0 Å². The third-order valence-electron chi connectivity index (χ3n) is 5.42. The van der Waals surface area contributed by atoms with Crippen LogP contribution < -0.4 is 25.0 Å². The minimum absolute atomic E-state index is 0.451. The summed E-state index contributed by atoms with van der Waals surface area (Å²) in [5.74, 6) is 2.15. The van der Waals surface area contributed by atoms with Crippen molar-refractivity contribution in [2.75, 3.05) is 32.1 Å². The quantitative estimate of drug-likeness (QED) is 0.252. The maximum Gasteiger partial charge on any atom is 0.245 e. The van der Waals surface area contributed by atoms with Crippen molar-refractivity contribution >= 4 is 27.9 Å². The summed E-state index contributed by atoms with van der Waals surface area (Å²) in [6.45, 7) is 1.97. The van der Waals surface area contributed by atoms with Gasteiger partial charge in [-0.2, -0.15) is 4.83 Å². The summed E-state index contributed by atoms with van der Waals surface area (Å²) < 4.78 is 30.7. The molecule has 1 aromatic carbocycles. The van der Waals surface area contributed by atoms with Gasteiger partial charge in [0.25, 0.3) is 0 Å². The van der Waals surface area contributed by atoms with Crippen molar-refractivity contribution in [3.63, 3.8) is 0 Å². The Hall–Kier alpha value is -1.94. The van der Waals surface area contributed by atoms with E-state index in [0.717, 1.165) is 42.6 Å². The largest absolute Gasteiger partial charge is 0.493 e. The fraction of sp³-hybridized carbons (Fsp3) is 0.550. The molecule has 2 aliphatic carbocycles. The highest BCUT2D eigenvalue weighted by Crippen LogP contribution is 2.40. The number of aryl methyl sites for hydroxylation is 1. The van der Waals surface area contributed by atoms with Crippen LogP contribution in [0.2, 0.25) is 0 Å². The summed E-state index contributed by atoms with van der Waals surface area (Å²) in [7, 11) is 1.65. The summed E-state index contributed by atoms with van der Waals surface area (Å²) in [4.78, 5) is 7.14. The predicted octanol–water partition coefficient (Wildman–Crippen LogP) is 2.55. The second-order valence-corrected chi connectivity index (χ2v) is 8.29. The number of rotatable bonds is 11. The molecule has 1 atom stereocenters. The molecule has 1 aromatic heterocycles. The number of methoxy groups -OCH3 is 1. The number of pyridine rings is 1. The van der Waals surface area contributed by atoms with E-state index in [1.807, 2.05) is 12.1 Å². The Labute approximate surface area is 173 Å². The van der Waals surface area contributed by atoms with Gasteiger partial charge in [0.1, 0.15) is 0 Å². The molecule has 2 aromatic rings. The number of aromatic nitrogens is 1. The summed E-state index contributed by atoms with van der Waals surface area (Å²) in [5.41, 5.74) is 7.35. The maximum atomic E-state index is 10.5. The first kappa shape index (κ1) is 20.3. The predicted molar refractivity (Wildman–Crippen MR) is 114 cm³/mol. The van der Waals surface area contributed by atoms with Crippen LogP contribution >= 0.6 is 0 Å². The molecule has 4 N–H and O–H groups in total. The molecule has 0 aliphatic heterocycles. The second-order valence-electron chi connectivity index (χ2n) is 7.59. The van der Waals surface area contributed by atoms with Gasteiger partial charge in [-0.05, 0) is 56.1 Å². The number of hydrazine groups is 1. The zero-order valence-corrected chi connectivity index (χ0v) is 17.4. The summed E-state index contributed by atoms with van der Waals surface area (Å²) in [6, 6.07) is 3.99. The lowest BCUT2D eigenvalue weighted by Gasteiger charge is -2.17. The lowest BCUT2D eigenvalue weighted by molar-refractivity contribution is 0.287. The molecule has 2 aliphatic rings. The van der Waals surface area contributed by atoms with Crippen molar-refractivity contribution in [3.8, 4) is 11.5 Å². The lowest BCUT2D eigenvalue weighted by Crippen LogP contribution is -2.34. The smallest absolute Gasteiger partial charge is 0.245 e. The van der Waals surface area contributed by atoms with Crippen LogP contribution in [0.3, 0.4) is 0 Å². The van der Waals surface area contributed by atoms with Gasteiger partial charge in [0.2, 0.25) is 11.3 Å². The Morgan fingerprint density at radius 2 is 2.14 bits per heavy atom. The summed E-state index contributed by atoms with van der Waals surface area (Å²) in [5, 5.41) is 4.79. The number of hydrogen-bond acceptors (Lipinski definition) is 6. The molecular formula is C20H28N4O4S. The average molecular weight is 421 g/mol. The van der Waals surface area contributed by atoms with E-state index in [1.54, 1.807) is 7.11 Å². The monoisotopic (exact) mass is 420 g/mol. The number of fused-ring (bicyclic) bond motifs is 2. The third kappa shape index (κ3) is 4.98. The van der Waals surface area contributed by atoms with Crippen LogP contribution in [0.4, 0.5) is 5.69 Å². The molecule has 0 spiro atoms. The molecule has 29 heavy (non-hydrogen) atoms. The minimum atomic E-state index is -2.07. The van der Waals surface area contributed by atoms with Gasteiger partial charge >= 0.3 is 0 Å². The van der Waals surface area contributed by atoms with Crippen LogP contribution in [0, 0.1) is 5.92 Å². The van der Waals surface area contributed by atoms with Gasteiger partial charge in [-0.1, -0.05) is 0 Å². The van der Waals surface area contributed by atoms with Crippen LogP contribution in [-0.4, -0.2) is 40.6 Å². The molecule has 1 unspecified atom stereocenters. The highest BCUT2D eigenvalue weighted by molar-refractivity contribution is 7.77. The Morgan fingerprint density at radius 3 is 2.90 bits per heavy atom. The van der Waals surface area contributed by atoms with E-state index in [0.29, 0.717) is 31.1 Å². The SMILES string of the molecule is COc1cc2c(NCC3CC3)c3c(nc2cc1OCCCNNS(=O)O)CCC3. The van der Waals surface area contributed by atoms with Crippen LogP contribution in [0.25, 0.3) is 10.9 Å². The Bertz CT molecular complexity index is 904. The molecule has 0 saturated heterocycles. The van der Waals surface area contributed by atoms with Gasteiger partial charge in [-0.25, -0.2) is 9.63 Å². The molecule has 4 rings (SSSR count). The normalized spacial score (nSPS) is 16.6. The maximum absolute atomic E-state index is 10.5. The molecule has 0 amide bonds. The fourth-order valence-corrected chi connectivity index (χ4v) is 3.99. The number of benzene rings is 1. The fourth-order valence-electron chi connectivity index (χ4n) is 3.77. The summed E-state index contributed by atoms with van der Waals surface area (Å²) in [6.07, 6.45) is 6.55. The minimum Gasteiger partial charge on any atom is -0.493 e. The molecule has 1 saturated carbocycles. The molecular weight excluding hydrogens is 392 g/mol. The van der Waals surface area contributed by atoms with Crippen molar-refractivity contribution in [1.29, 1.82) is 0 Å². The van der Waals surface area contributed by atoms with Crippen molar-refractivity contribution < 1.29 is 18.2 Å². The van der Waals surface area contributed by atoms with E-state index in [1.165, 1.54) is 29.8 Å². The van der Waals surface area contributed by atoms with E-state index in [2.05, 4.69) is 15.6 Å². The zero-order chi connectivity index (χ0) is 20.2. The number of hydrogen-bond donors (Lipinski definition) is 4. The molecule has 0 bridgehead atoms. The van der Waals surface area contributed by atoms with E-state index in [4.69, 9.17) is 19.0 Å². The van der Waals surface area contributed by atoms with Crippen LogP contribution in [0.15, 0.2) is 12.1 Å². The Balaban J connectivity index is 1.53. The van der Waals surface area contributed by atoms with Crippen LogP contribution in [-0.2, 0) is 24.1 Å². The highest BCUT2D eigenvalue weighted by Gasteiger charge is 2.25. The molecule has 1 fully saturated rings. The first-order chi connectivity index (χ1) is 14.2. The van der Waals surface area contributed by atoms with Gasteiger partial charge in [-0.3, -0.25) is 9.54 Å². The molecule has 8 nitrogen and oxygen atoms in total. The number of nitrogens with zero attached hydrogens (tertiary/aromatic N) is 1. The van der Waals surface area contributed by atoms with Crippen molar-refractivity contribution in [1.82, 2.24) is 15.2 Å². The molecule has 1 heterocycles. The topological polar surface area (TPSA) is 105 Å². The zero-order valence-electron chi connectivity index (χ0n) is 16.6. The first-order valence-corrected chi connectivity index (χ1v) is 11.3. The molecule has 0 radical (unpaired) electrons. The van der Waals surface area contributed by atoms with Gasteiger partial charge in [-0.15, -0.1) is 0 Å². The number of anilines is 1. The molecule has 158 valence electrons. The van der Waals surface area contributed by atoms with Crippen molar-refractivity contribution in [2.24, 2.45) is 5.92 Å². The Kier molecular flexibility index (Phi) is 6.49.